The summed E-state index contributed by atoms with van der Waals surface area (Å²) in [6.45, 7) is 0.432. The lowest BCUT2D eigenvalue weighted by Crippen LogP contribution is -2.31. The molecular weight excluding hydrogens is 688 g/mol. The molecule has 2 N–H and O–H groups in total. The number of thiocarbonyl (C=S) groups is 1. The van der Waals surface area contributed by atoms with E-state index in [0.717, 1.165) is 57.9 Å². The predicted octanol–water partition coefficient (Wildman–Crippen LogP) is 9.25. The molecular formula is C40H30F3N5O3S. The number of para-hydroxylation sites is 1. The van der Waals surface area contributed by atoms with Gasteiger partial charge in [0.15, 0.2) is 39.8 Å². The Hall–Kier alpha value is -6.27. The molecule has 0 aliphatic heterocycles. The Balaban J connectivity index is 1.05. The zero-order valence-electron chi connectivity index (χ0n) is 27.7. The molecule has 0 saturated carbocycles. The average Bonchev–Trinajstić information content (AvgIpc) is 3.14. The van der Waals surface area contributed by atoms with Gasteiger partial charge < -0.3 is 19.9 Å². The largest absolute Gasteiger partial charge is 0.493 e. The minimum absolute atomic E-state index is 0.0837. The lowest BCUT2D eigenvalue weighted by atomic mass is 10.0. The number of aryl methyl sites for hydroxylation is 1. The zero-order chi connectivity index (χ0) is 36.2. The highest BCUT2D eigenvalue weighted by molar-refractivity contribution is 7.80. The van der Waals surface area contributed by atoms with Crippen molar-refractivity contribution < 1.29 is 27.4 Å². The molecule has 0 saturated heterocycles. The molecule has 8 nitrogen and oxygen atoms in total. The molecule has 12 heteroatoms. The van der Waals surface area contributed by atoms with Gasteiger partial charge in [0.25, 0.3) is 0 Å². The third kappa shape index (κ3) is 7.28. The maximum Gasteiger partial charge on any atom is 0.191 e. The fourth-order valence-corrected chi connectivity index (χ4v) is 5.96. The number of anilines is 1. The number of aromatic nitrogens is 2. The van der Waals surface area contributed by atoms with Gasteiger partial charge in [0.2, 0.25) is 0 Å². The van der Waals surface area contributed by atoms with Crippen LogP contribution in [-0.4, -0.2) is 35.0 Å². The van der Waals surface area contributed by atoms with Gasteiger partial charge in [-0.1, -0.05) is 36.4 Å². The van der Waals surface area contributed by atoms with E-state index in [-0.39, 0.29) is 22.1 Å². The van der Waals surface area contributed by atoms with Crippen molar-refractivity contribution in [1.82, 2.24) is 9.97 Å². The third-order valence-corrected chi connectivity index (χ3v) is 8.51. The van der Waals surface area contributed by atoms with Gasteiger partial charge in [0, 0.05) is 34.5 Å². The van der Waals surface area contributed by atoms with Crippen LogP contribution in [0.4, 0.5) is 18.9 Å². The molecule has 0 aliphatic carbocycles. The van der Waals surface area contributed by atoms with Crippen LogP contribution in [0.3, 0.4) is 0 Å². The number of ether oxygens (including phenoxy) is 3. The maximum atomic E-state index is 15.4. The summed E-state index contributed by atoms with van der Waals surface area (Å²) in [7, 11) is 1.54. The van der Waals surface area contributed by atoms with E-state index in [2.05, 4.69) is 28.3 Å². The number of halogens is 3. The predicted molar refractivity (Wildman–Crippen MR) is 201 cm³/mol. The van der Waals surface area contributed by atoms with Crippen molar-refractivity contribution in [1.29, 1.82) is 0 Å². The van der Waals surface area contributed by atoms with E-state index in [4.69, 9.17) is 37.1 Å². The summed E-state index contributed by atoms with van der Waals surface area (Å²) in [5, 5.41) is 7.82. The Bertz CT molecular complexity index is 2500. The van der Waals surface area contributed by atoms with Crippen molar-refractivity contribution in [2.24, 2.45) is 10.8 Å². The number of nitrogens with two attached hydrogens (primary N) is 1. The summed E-state index contributed by atoms with van der Waals surface area (Å²) in [6, 6.07) is 28.9. The third-order valence-electron chi connectivity index (χ3n) is 8.34. The second-order valence-electron chi connectivity index (χ2n) is 11.7. The second-order valence-corrected chi connectivity index (χ2v) is 12.1. The molecule has 0 aliphatic rings. The molecule has 0 spiro atoms. The fourth-order valence-electron chi connectivity index (χ4n) is 5.80. The summed E-state index contributed by atoms with van der Waals surface area (Å²) >= 11 is 5.09. The van der Waals surface area contributed by atoms with Gasteiger partial charge in [0.1, 0.15) is 5.75 Å². The summed E-state index contributed by atoms with van der Waals surface area (Å²) in [4.78, 5) is 9.30. The fraction of sp³-hybridized carbons (Fsp3) is 0.100. The molecule has 0 fully saturated rings. The van der Waals surface area contributed by atoms with Crippen molar-refractivity contribution in [2.75, 3.05) is 18.7 Å². The van der Waals surface area contributed by atoms with Crippen LogP contribution in [0, 0.1) is 17.5 Å². The first-order valence-electron chi connectivity index (χ1n) is 16.2. The second kappa shape index (κ2) is 14.9. The molecule has 260 valence electrons. The van der Waals surface area contributed by atoms with Crippen molar-refractivity contribution >= 4 is 61.9 Å². The van der Waals surface area contributed by atoms with Gasteiger partial charge in [-0.3, -0.25) is 4.98 Å². The van der Waals surface area contributed by atoms with Crippen molar-refractivity contribution in [3.63, 3.8) is 0 Å². The van der Waals surface area contributed by atoms with E-state index < -0.39 is 17.5 Å². The summed E-state index contributed by atoms with van der Waals surface area (Å²) in [6.07, 6.45) is 4.33. The molecule has 7 rings (SSSR count). The SMILES string of the molecule is COc1cc2c(Oc3ccc(N(/N=C/c4ccc(F)c(F)c4)C(N)=S)cc3F)ccnc2cc1OCCCc1cccc2nc3ccccc3cc12. The first kappa shape index (κ1) is 34.2. The van der Waals surface area contributed by atoms with Crippen LogP contribution in [0.1, 0.15) is 17.5 Å². The number of hydrogen-bond donors (Lipinski definition) is 1. The summed E-state index contributed by atoms with van der Waals surface area (Å²) in [5.41, 5.74) is 9.94. The summed E-state index contributed by atoms with van der Waals surface area (Å²) in [5.74, 6) is -1.53. The van der Waals surface area contributed by atoms with Crippen LogP contribution in [0.15, 0.2) is 114 Å². The number of pyridine rings is 2. The van der Waals surface area contributed by atoms with Gasteiger partial charge in [-0.15, -0.1) is 0 Å². The summed E-state index contributed by atoms with van der Waals surface area (Å²) < 4.78 is 60.2. The number of fused-ring (bicyclic) bond motifs is 3. The minimum atomic E-state index is -1.04. The molecule has 2 aromatic heterocycles. The van der Waals surface area contributed by atoms with Crippen LogP contribution in [0.5, 0.6) is 23.0 Å². The molecule has 5 aromatic carbocycles. The zero-order valence-corrected chi connectivity index (χ0v) is 28.5. The molecule has 0 amide bonds. The van der Waals surface area contributed by atoms with Crippen molar-refractivity contribution in [3.8, 4) is 23.0 Å². The highest BCUT2D eigenvalue weighted by atomic mass is 32.1. The van der Waals surface area contributed by atoms with E-state index in [1.54, 1.807) is 31.5 Å². The van der Waals surface area contributed by atoms with Gasteiger partial charge in [-0.25, -0.2) is 23.2 Å². The van der Waals surface area contributed by atoms with Crippen molar-refractivity contribution in [2.45, 2.75) is 12.8 Å². The van der Waals surface area contributed by atoms with Crippen LogP contribution in [-0.2, 0) is 6.42 Å². The number of rotatable bonds is 11. The standard InChI is InChI=1S/C40H30F3N5O3S/c1-49-38-21-29-35(22-39(38)50-17-5-8-25-7-4-10-34-28(25)19-26-6-2-3-9-33(26)47-34)45-16-15-36(29)51-37-14-12-27(20-32(37)43)48(40(44)52)46-23-24-11-13-30(41)31(42)18-24/h2-4,6-7,9-16,18-23H,5,8,17H2,1H3,(H2,44,52)/b46-23+. The Morgan fingerprint density at radius 2 is 1.63 bits per heavy atom. The number of methoxy groups -OCH3 is 1. The van der Waals surface area contributed by atoms with Gasteiger partial charge in [-0.2, -0.15) is 5.10 Å². The number of hydrogen-bond acceptors (Lipinski definition) is 7. The molecule has 0 atom stereocenters. The topological polar surface area (TPSA) is 95.1 Å². The lowest BCUT2D eigenvalue weighted by Gasteiger charge is -2.18. The Morgan fingerprint density at radius 1 is 0.788 bits per heavy atom. The van der Waals surface area contributed by atoms with Crippen LogP contribution in [0.2, 0.25) is 0 Å². The number of hydrazone groups is 1. The van der Waals surface area contributed by atoms with Gasteiger partial charge >= 0.3 is 0 Å². The van der Waals surface area contributed by atoms with E-state index in [0.29, 0.717) is 34.8 Å². The Kier molecular flexibility index (Phi) is 9.81. The molecule has 0 unspecified atom stereocenters. The first-order chi connectivity index (χ1) is 25.3. The van der Waals surface area contributed by atoms with Crippen LogP contribution >= 0.6 is 12.2 Å². The molecule has 0 bridgehead atoms. The average molecular weight is 718 g/mol. The Labute approximate surface area is 301 Å². The van der Waals surface area contributed by atoms with Crippen molar-refractivity contribution in [3.05, 3.63) is 138 Å². The van der Waals surface area contributed by atoms with Crippen LogP contribution in [0.25, 0.3) is 32.7 Å². The first-order valence-corrected chi connectivity index (χ1v) is 16.6. The Morgan fingerprint density at radius 3 is 2.44 bits per heavy atom. The van der Waals surface area contributed by atoms with Gasteiger partial charge in [0.05, 0.1) is 42.2 Å². The van der Waals surface area contributed by atoms with Crippen LogP contribution < -0.4 is 25.0 Å². The maximum absolute atomic E-state index is 15.4. The molecule has 52 heavy (non-hydrogen) atoms. The molecule has 2 heterocycles. The van der Waals surface area contributed by atoms with E-state index in [9.17, 15) is 8.78 Å². The highest BCUT2D eigenvalue weighted by Gasteiger charge is 2.16. The molecule has 0 radical (unpaired) electrons. The smallest absolute Gasteiger partial charge is 0.191 e. The monoisotopic (exact) mass is 717 g/mol. The minimum Gasteiger partial charge on any atom is -0.493 e. The van der Waals surface area contributed by atoms with Gasteiger partial charge in [-0.05, 0) is 90.8 Å². The van der Waals surface area contributed by atoms with E-state index in [1.165, 1.54) is 30.0 Å². The van der Waals surface area contributed by atoms with E-state index in [1.807, 2.05) is 30.3 Å². The number of benzene rings is 5. The lowest BCUT2D eigenvalue weighted by molar-refractivity contribution is 0.290. The quantitative estimate of drug-likeness (QED) is 0.0466. The van der Waals surface area contributed by atoms with E-state index >= 15 is 4.39 Å². The normalized spacial score (nSPS) is 11.4. The highest BCUT2D eigenvalue weighted by Crippen LogP contribution is 2.38. The molecule has 7 aromatic rings. The number of nitrogens with zero attached hydrogens (tertiary/aromatic N) is 4.